The number of aliphatic carboxylic acids is 1. The summed E-state index contributed by atoms with van der Waals surface area (Å²) in [6.07, 6.45) is 2.38. The van der Waals surface area contributed by atoms with E-state index < -0.39 is 30.1 Å². The Hall–Kier alpha value is -4.14. The van der Waals surface area contributed by atoms with E-state index in [1.807, 2.05) is 36.4 Å². The third-order valence-electron chi connectivity index (χ3n) is 4.70. The third-order valence-corrected chi connectivity index (χ3v) is 4.70. The molecule has 1 heterocycles. The number of hydrogen-bond donors (Lipinski definition) is 4. The molecule has 0 spiro atoms. The number of H-pyrrole nitrogens is 1. The third kappa shape index (κ3) is 6.98. The Morgan fingerprint density at radius 3 is 2.16 bits per heavy atom. The van der Waals surface area contributed by atoms with Gasteiger partial charge in [-0.05, 0) is 11.1 Å². The maximum Gasteiger partial charge on any atom is 0.408 e. The first-order valence-electron chi connectivity index (χ1n) is 10.0. The number of hydrogen-bond acceptors (Lipinski definition) is 5. The van der Waals surface area contributed by atoms with Gasteiger partial charge in [0.25, 0.3) is 0 Å². The van der Waals surface area contributed by atoms with E-state index in [0.29, 0.717) is 5.69 Å². The van der Waals surface area contributed by atoms with E-state index in [4.69, 9.17) is 4.74 Å². The predicted octanol–water partition coefficient (Wildman–Crippen LogP) is 2.06. The van der Waals surface area contributed by atoms with E-state index in [0.717, 1.165) is 11.1 Å². The van der Waals surface area contributed by atoms with Crippen LogP contribution in [-0.2, 0) is 33.8 Å². The number of ether oxygens (including phenoxy) is 1. The van der Waals surface area contributed by atoms with E-state index >= 15 is 0 Å². The number of aromatic nitrogens is 2. The molecule has 3 rings (SSSR count). The summed E-state index contributed by atoms with van der Waals surface area (Å²) < 4.78 is 5.20. The van der Waals surface area contributed by atoms with E-state index in [-0.39, 0.29) is 19.4 Å². The lowest BCUT2D eigenvalue weighted by atomic mass is 10.0. The van der Waals surface area contributed by atoms with Gasteiger partial charge < -0.3 is 25.5 Å². The first-order chi connectivity index (χ1) is 15.5. The fraction of sp³-hybridized carbons (Fsp3) is 0.217. The van der Waals surface area contributed by atoms with Crippen LogP contribution in [0.1, 0.15) is 16.8 Å². The second kappa shape index (κ2) is 11.3. The number of carboxylic acid groups (broad SMARTS) is 1. The maximum absolute atomic E-state index is 12.9. The summed E-state index contributed by atoms with van der Waals surface area (Å²) in [7, 11) is 0. The van der Waals surface area contributed by atoms with Crippen molar-refractivity contribution in [2.45, 2.75) is 31.5 Å². The molecule has 1 aromatic heterocycles. The van der Waals surface area contributed by atoms with Crippen LogP contribution < -0.4 is 10.6 Å². The van der Waals surface area contributed by atoms with Gasteiger partial charge in [-0.3, -0.25) is 4.79 Å². The van der Waals surface area contributed by atoms with E-state index in [2.05, 4.69) is 20.6 Å². The number of amides is 2. The normalized spacial score (nSPS) is 12.4. The molecule has 4 N–H and O–H groups in total. The number of imidazole rings is 1. The van der Waals surface area contributed by atoms with Gasteiger partial charge in [0.2, 0.25) is 5.91 Å². The van der Waals surface area contributed by atoms with Gasteiger partial charge in [-0.1, -0.05) is 60.7 Å². The van der Waals surface area contributed by atoms with Gasteiger partial charge in [-0.25, -0.2) is 14.6 Å². The van der Waals surface area contributed by atoms with Crippen LogP contribution >= 0.6 is 0 Å². The Morgan fingerprint density at radius 2 is 1.56 bits per heavy atom. The summed E-state index contributed by atoms with van der Waals surface area (Å²) in [5.74, 6) is -1.81. The van der Waals surface area contributed by atoms with Crippen molar-refractivity contribution in [3.63, 3.8) is 0 Å². The fourth-order valence-corrected chi connectivity index (χ4v) is 3.05. The van der Waals surface area contributed by atoms with Crippen LogP contribution in [0.15, 0.2) is 73.2 Å². The van der Waals surface area contributed by atoms with Crippen LogP contribution in [0, 0.1) is 0 Å². The molecule has 0 unspecified atom stereocenters. The van der Waals surface area contributed by atoms with Gasteiger partial charge in [0.1, 0.15) is 18.7 Å². The monoisotopic (exact) mass is 436 g/mol. The molecule has 9 nitrogen and oxygen atoms in total. The highest BCUT2D eigenvalue weighted by Gasteiger charge is 2.27. The Balaban J connectivity index is 1.65. The summed E-state index contributed by atoms with van der Waals surface area (Å²) >= 11 is 0. The smallest absolute Gasteiger partial charge is 0.408 e. The second-order valence-corrected chi connectivity index (χ2v) is 7.13. The number of rotatable bonds is 10. The number of benzene rings is 2. The average Bonchev–Trinajstić information content (AvgIpc) is 3.31. The van der Waals surface area contributed by atoms with Crippen molar-refractivity contribution >= 4 is 18.0 Å². The summed E-state index contributed by atoms with van der Waals surface area (Å²) in [5, 5.41) is 14.6. The molecule has 32 heavy (non-hydrogen) atoms. The molecule has 0 saturated carbocycles. The van der Waals surface area contributed by atoms with Crippen LogP contribution in [0.25, 0.3) is 0 Å². The van der Waals surface area contributed by atoms with Crippen molar-refractivity contribution in [2.75, 3.05) is 0 Å². The van der Waals surface area contributed by atoms with Crippen molar-refractivity contribution < 1.29 is 24.2 Å². The van der Waals surface area contributed by atoms with Crippen molar-refractivity contribution in [3.8, 4) is 0 Å². The first-order valence-corrected chi connectivity index (χ1v) is 10.0. The van der Waals surface area contributed by atoms with Gasteiger partial charge in [0.05, 0.1) is 6.33 Å². The molecule has 3 aromatic rings. The average molecular weight is 436 g/mol. The molecule has 2 amide bonds. The van der Waals surface area contributed by atoms with Crippen molar-refractivity contribution in [1.82, 2.24) is 20.6 Å². The molecule has 166 valence electrons. The summed E-state index contributed by atoms with van der Waals surface area (Å²) in [5.41, 5.74) is 2.16. The topological polar surface area (TPSA) is 133 Å². The standard InChI is InChI=1S/C23H24N4O5/c28-21(26-20(22(29)30)11-16-7-3-1-4-8-16)19(12-18-13-24-15-25-18)27-23(31)32-14-17-9-5-2-6-10-17/h1-10,13,15,19-20H,11-12,14H2,(H,24,25)(H,26,28)(H,27,31)(H,29,30)/t19-,20-/m0/s1. The molecule has 0 aliphatic heterocycles. The molecular formula is C23H24N4O5. The van der Waals surface area contributed by atoms with Crippen LogP contribution in [0.3, 0.4) is 0 Å². The zero-order chi connectivity index (χ0) is 22.8. The Morgan fingerprint density at radius 1 is 0.906 bits per heavy atom. The Kier molecular flexibility index (Phi) is 7.96. The molecule has 0 radical (unpaired) electrons. The van der Waals surface area contributed by atoms with Gasteiger partial charge in [-0.2, -0.15) is 0 Å². The minimum absolute atomic E-state index is 0.0385. The molecule has 0 fully saturated rings. The minimum atomic E-state index is -1.17. The molecule has 2 aromatic carbocycles. The first kappa shape index (κ1) is 22.5. The van der Waals surface area contributed by atoms with Crippen molar-refractivity contribution in [2.24, 2.45) is 0 Å². The number of alkyl carbamates (subject to hydrolysis) is 1. The summed E-state index contributed by atoms with van der Waals surface area (Å²) in [6, 6.07) is 15.9. The Labute approximate surface area is 184 Å². The highest BCUT2D eigenvalue weighted by atomic mass is 16.5. The zero-order valence-corrected chi connectivity index (χ0v) is 17.2. The SMILES string of the molecule is O=C(N[C@@H](Cc1cnc[nH]1)C(=O)N[C@@H](Cc1ccccc1)C(=O)O)OCc1ccccc1. The zero-order valence-electron chi connectivity index (χ0n) is 17.2. The van der Waals surface area contributed by atoms with Crippen LogP contribution in [-0.4, -0.2) is 45.1 Å². The fourth-order valence-electron chi connectivity index (χ4n) is 3.05. The number of carboxylic acids is 1. The van der Waals surface area contributed by atoms with Gasteiger partial charge in [-0.15, -0.1) is 0 Å². The number of nitrogens with one attached hydrogen (secondary N) is 3. The number of nitrogens with zero attached hydrogens (tertiary/aromatic N) is 1. The van der Waals surface area contributed by atoms with E-state index in [1.54, 1.807) is 24.3 Å². The lowest BCUT2D eigenvalue weighted by Gasteiger charge is -2.21. The number of aromatic amines is 1. The second-order valence-electron chi connectivity index (χ2n) is 7.13. The highest BCUT2D eigenvalue weighted by molar-refractivity contribution is 5.89. The molecule has 9 heteroatoms. The van der Waals surface area contributed by atoms with Crippen LogP contribution in [0.2, 0.25) is 0 Å². The maximum atomic E-state index is 12.9. The van der Waals surface area contributed by atoms with Gasteiger partial charge >= 0.3 is 12.1 Å². The van der Waals surface area contributed by atoms with E-state index in [1.165, 1.54) is 12.5 Å². The van der Waals surface area contributed by atoms with Crippen molar-refractivity contribution in [1.29, 1.82) is 0 Å². The predicted molar refractivity (Wildman–Crippen MR) is 116 cm³/mol. The Bertz CT molecular complexity index is 1010. The van der Waals surface area contributed by atoms with E-state index in [9.17, 15) is 19.5 Å². The largest absolute Gasteiger partial charge is 0.480 e. The van der Waals surface area contributed by atoms with Gasteiger partial charge in [0, 0.05) is 24.7 Å². The summed E-state index contributed by atoms with van der Waals surface area (Å²) in [4.78, 5) is 43.7. The molecule has 0 bridgehead atoms. The lowest BCUT2D eigenvalue weighted by molar-refractivity contribution is -0.142. The summed E-state index contributed by atoms with van der Waals surface area (Å²) in [6.45, 7) is 0.0385. The van der Waals surface area contributed by atoms with Crippen LogP contribution in [0.5, 0.6) is 0 Å². The molecule has 2 atom stereocenters. The molecule has 0 aliphatic carbocycles. The lowest BCUT2D eigenvalue weighted by Crippen LogP contribution is -2.53. The van der Waals surface area contributed by atoms with Crippen LogP contribution in [0.4, 0.5) is 4.79 Å². The van der Waals surface area contributed by atoms with Gasteiger partial charge in [0.15, 0.2) is 0 Å². The molecule has 0 aliphatic rings. The molecule has 0 saturated heterocycles. The number of carbonyl (C=O) groups excluding carboxylic acids is 2. The van der Waals surface area contributed by atoms with Crippen molar-refractivity contribution in [3.05, 3.63) is 90.0 Å². The quantitative estimate of drug-likeness (QED) is 0.384. The highest BCUT2D eigenvalue weighted by Crippen LogP contribution is 2.06. The number of carbonyl (C=O) groups is 3. The molecular weight excluding hydrogens is 412 g/mol. The minimum Gasteiger partial charge on any atom is -0.480 e.